The average Bonchev–Trinajstić information content (AvgIpc) is 2.90. The number of hydrogen-bond acceptors (Lipinski definition) is 5. The lowest BCUT2D eigenvalue weighted by Gasteiger charge is -2.14. The predicted molar refractivity (Wildman–Crippen MR) is 73.3 cm³/mol. The van der Waals surface area contributed by atoms with Crippen molar-refractivity contribution >= 4 is 11.3 Å². The minimum absolute atomic E-state index is 0.645. The Bertz CT molecular complexity index is 490. The summed E-state index contributed by atoms with van der Waals surface area (Å²) in [5.74, 6) is 0. The molecular weight excluding hydrogens is 246 g/mol. The van der Waals surface area contributed by atoms with Gasteiger partial charge in [0.15, 0.2) is 0 Å². The van der Waals surface area contributed by atoms with E-state index in [9.17, 15) is 0 Å². The Hall–Kier alpha value is -1.24. The third kappa shape index (κ3) is 3.38. The summed E-state index contributed by atoms with van der Waals surface area (Å²) in [5, 5.41) is 0. The van der Waals surface area contributed by atoms with Crippen LogP contribution in [0.25, 0.3) is 0 Å². The Morgan fingerprint density at radius 3 is 2.89 bits per heavy atom. The quantitative estimate of drug-likeness (QED) is 0.853. The molecular formula is C12H19N5S. The molecule has 0 radical (unpaired) electrons. The van der Waals surface area contributed by atoms with Crippen LogP contribution in [0.5, 0.6) is 0 Å². The smallest absolute Gasteiger partial charge is 0.0950 e. The van der Waals surface area contributed by atoms with Gasteiger partial charge in [-0.1, -0.05) is 0 Å². The molecule has 0 atom stereocenters. The van der Waals surface area contributed by atoms with E-state index in [0.29, 0.717) is 6.54 Å². The Kier molecular flexibility index (Phi) is 4.46. The summed E-state index contributed by atoms with van der Waals surface area (Å²) < 4.78 is 2.03. The van der Waals surface area contributed by atoms with Crippen LogP contribution in [0.1, 0.15) is 16.3 Å². The van der Waals surface area contributed by atoms with Crippen molar-refractivity contribution in [3.05, 3.63) is 34.3 Å². The van der Waals surface area contributed by atoms with Crippen LogP contribution < -0.4 is 5.73 Å². The molecule has 0 aliphatic carbocycles. The molecule has 98 valence electrons. The van der Waals surface area contributed by atoms with E-state index in [-0.39, 0.29) is 0 Å². The van der Waals surface area contributed by atoms with E-state index >= 15 is 0 Å². The van der Waals surface area contributed by atoms with Crippen LogP contribution in [0.3, 0.4) is 0 Å². The number of imidazole rings is 1. The lowest BCUT2D eigenvalue weighted by Crippen LogP contribution is -2.17. The maximum atomic E-state index is 5.51. The van der Waals surface area contributed by atoms with Gasteiger partial charge in [0.2, 0.25) is 0 Å². The first-order valence-electron chi connectivity index (χ1n) is 5.97. The predicted octanol–water partition coefficient (Wildman–Crippen LogP) is 1.24. The zero-order chi connectivity index (χ0) is 13.0. The van der Waals surface area contributed by atoms with E-state index in [2.05, 4.69) is 35.0 Å². The van der Waals surface area contributed by atoms with Crippen molar-refractivity contribution in [1.29, 1.82) is 0 Å². The standard InChI is InChI=1S/C12H19N5S/c1-10-12(18-9-15-10)7-16(2)5-11-6-17(4-3-13)8-14-11/h6,8-9H,3-5,7,13H2,1-2H3. The summed E-state index contributed by atoms with van der Waals surface area (Å²) in [4.78, 5) is 12.2. The van der Waals surface area contributed by atoms with Crippen molar-refractivity contribution in [2.45, 2.75) is 26.6 Å². The van der Waals surface area contributed by atoms with Gasteiger partial charge in [-0.2, -0.15) is 0 Å². The van der Waals surface area contributed by atoms with Crippen molar-refractivity contribution in [3.63, 3.8) is 0 Å². The van der Waals surface area contributed by atoms with E-state index in [1.807, 2.05) is 16.4 Å². The monoisotopic (exact) mass is 265 g/mol. The van der Waals surface area contributed by atoms with E-state index < -0.39 is 0 Å². The lowest BCUT2D eigenvalue weighted by atomic mass is 10.3. The fourth-order valence-electron chi connectivity index (χ4n) is 1.81. The summed E-state index contributed by atoms with van der Waals surface area (Å²) in [6.07, 6.45) is 3.90. The van der Waals surface area contributed by atoms with Crippen LogP contribution in [0.4, 0.5) is 0 Å². The van der Waals surface area contributed by atoms with Crippen molar-refractivity contribution in [2.75, 3.05) is 13.6 Å². The summed E-state index contributed by atoms with van der Waals surface area (Å²) in [7, 11) is 2.10. The summed E-state index contributed by atoms with van der Waals surface area (Å²) >= 11 is 1.71. The van der Waals surface area contributed by atoms with Crippen molar-refractivity contribution < 1.29 is 0 Å². The molecule has 0 amide bonds. The van der Waals surface area contributed by atoms with E-state index in [0.717, 1.165) is 31.0 Å². The molecule has 0 aromatic carbocycles. The molecule has 0 spiro atoms. The first kappa shape index (κ1) is 13.2. The lowest BCUT2D eigenvalue weighted by molar-refractivity contribution is 0.317. The third-order valence-electron chi connectivity index (χ3n) is 2.76. The molecule has 2 heterocycles. The molecule has 2 rings (SSSR count). The number of rotatable bonds is 6. The van der Waals surface area contributed by atoms with Crippen LogP contribution in [-0.2, 0) is 19.6 Å². The van der Waals surface area contributed by atoms with Gasteiger partial charge in [0.05, 0.1) is 23.2 Å². The van der Waals surface area contributed by atoms with Gasteiger partial charge in [-0.25, -0.2) is 9.97 Å². The van der Waals surface area contributed by atoms with Gasteiger partial charge in [-0.05, 0) is 14.0 Å². The second-order valence-corrected chi connectivity index (χ2v) is 5.36. The van der Waals surface area contributed by atoms with Crippen molar-refractivity contribution in [3.8, 4) is 0 Å². The fraction of sp³-hybridized carbons (Fsp3) is 0.500. The highest BCUT2D eigenvalue weighted by molar-refractivity contribution is 7.09. The normalized spacial score (nSPS) is 11.3. The Morgan fingerprint density at radius 2 is 2.22 bits per heavy atom. The van der Waals surface area contributed by atoms with Gasteiger partial charge in [0.1, 0.15) is 0 Å². The third-order valence-corrected chi connectivity index (χ3v) is 3.68. The molecule has 2 N–H and O–H groups in total. The number of nitrogens with zero attached hydrogens (tertiary/aromatic N) is 4. The molecule has 0 fully saturated rings. The Labute approximate surface area is 111 Å². The molecule has 0 aliphatic rings. The minimum Gasteiger partial charge on any atom is -0.336 e. The molecule has 0 bridgehead atoms. The van der Waals surface area contributed by atoms with Crippen LogP contribution in [-0.4, -0.2) is 33.0 Å². The van der Waals surface area contributed by atoms with E-state index in [1.54, 1.807) is 11.3 Å². The highest BCUT2D eigenvalue weighted by atomic mass is 32.1. The fourth-order valence-corrected chi connectivity index (χ4v) is 2.67. The summed E-state index contributed by atoms with van der Waals surface area (Å²) in [6.45, 7) is 5.28. The first-order valence-corrected chi connectivity index (χ1v) is 6.85. The first-order chi connectivity index (χ1) is 8.69. The highest BCUT2D eigenvalue weighted by Crippen LogP contribution is 2.15. The zero-order valence-corrected chi connectivity index (χ0v) is 11.7. The molecule has 18 heavy (non-hydrogen) atoms. The van der Waals surface area contributed by atoms with Gasteiger partial charge in [0, 0.05) is 37.3 Å². The van der Waals surface area contributed by atoms with Gasteiger partial charge in [0.25, 0.3) is 0 Å². The van der Waals surface area contributed by atoms with Crippen LogP contribution >= 0.6 is 11.3 Å². The van der Waals surface area contributed by atoms with Gasteiger partial charge in [-0.3, -0.25) is 4.90 Å². The van der Waals surface area contributed by atoms with E-state index in [4.69, 9.17) is 5.73 Å². The highest BCUT2D eigenvalue weighted by Gasteiger charge is 2.07. The maximum absolute atomic E-state index is 5.51. The van der Waals surface area contributed by atoms with Gasteiger partial charge >= 0.3 is 0 Å². The minimum atomic E-state index is 0.645. The molecule has 2 aromatic heterocycles. The number of aromatic nitrogens is 3. The van der Waals surface area contributed by atoms with Gasteiger partial charge < -0.3 is 10.3 Å². The molecule has 0 aliphatic heterocycles. The summed E-state index contributed by atoms with van der Waals surface area (Å²) in [5.41, 5.74) is 9.61. The van der Waals surface area contributed by atoms with Crippen molar-refractivity contribution in [1.82, 2.24) is 19.4 Å². The number of nitrogens with two attached hydrogens (primary N) is 1. The SMILES string of the molecule is Cc1ncsc1CN(C)Cc1cn(CCN)cn1. The molecule has 5 nitrogen and oxygen atoms in total. The summed E-state index contributed by atoms with van der Waals surface area (Å²) in [6, 6.07) is 0. The molecule has 0 saturated heterocycles. The van der Waals surface area contributed by atoms with Crippen LogP contribution in [0.2, 0.25) is 0 Å². The molecule has 0 unspecified atom stereocenters. The van der Waals surface area contributed by atoms with E-state index in [1.165, 1.54) is 4.88 Å². The number of hydrogen-bond donors (Lipinski definition) is 1. The van der Waals surface area contributed by atoms with Crippen LogP contribution in [0, 0.1) is 6.92 Å². The van der Waals surface area contributed by atoms with Crippen LogP contribution in [0.15, 0.2) is 18.0 Å². The second kappa shape index (κ2) is 6.08. The molecule has 6 heteroatoms. The number of aryl methyl sites for hydroxylation is 1. The Balaban J connectivity index is 1.90. The topological polar surface area (TPSA) is 60.0 Å². The molecule has 0 saturated carbocycles. The van der Waals surface area contributed by atoms with Gasteiger partial charge in [-0.15, -0.1) is 11.3 Å². The average molecular weight is 265 g/mol. The van der Waals surface area contributed by atoms with Crippen molar-refractivity contribution in [2.24, 2.45) is 5.73 Å². The number of thiazole rings is 1. The molecule has 2 aromatic rings. The Morgan fingerprint density at radius 1 is 1.39 bits per heavy atom. The second-order valence-electron chi connectivity index (χ2n) is 4.42. The zero-order valence-electron chi connectivity index (χ0n) is 10.8. The maximum Gasteiger partial charge on any atom is 0.0950 e. The largest absolute Gasteiger partial charge is 0.336 e.